The minimum absolute atomic E-state index is 0.00656. The molecule has 1 rings (SSSR count). The minimum Gasteiger partial charge on any atom is -0.289 e. The summed E-state index contributed by atoms with van der Waals surface area (Å²) < 4.78 is 0.259. The Balaban J connectivity index is 2.90. The summed E-state index contributed by atoms with van der Waals surface area (Å²) in [5, 5.41) is 0. The number of rotatable bonds is 2. The molecule has 0 heterocycles. The van der Waals surface area contributed by atoms with Gasteiger partial charge in [0.05, 0.1) is 0 Å². The van der Waals surface area contributed by atoms with Crippen LogP contribution < -0.4 is 0 Å². The third kappa shape index (κ3) is 5.31. The molecular formula is C12H10Cl4O. The molecule has 0 unspecified atom stereocenters. The second-order valence-corrected chi connectivity index (χ2v) is 5.49. The highest BCUT2D eigenvalue weighted by atomic mass is 35.5. The van der Waals surface area contributed by atoms with Gasteiger partial charge in [-0.1, -0.05) is 58.6 Å². The van der Waals surface area contributed by atoms with Gasteiger partial charge in [0.25, 0.3) is 0 Å². The molecule has 92 valence electrons. The van der Waals surface area contributed by atoms with Crippen molar-refractivity contribution in [1.82, 2.24) is 0 Å². The molecule has 0 aromatic carbocycles. The smallest absolute Gasteiger partial charge is 0.184 e. The van der Waals surface area contributed by atoms with E-state index in [2.05, 4.69) is 0 Å². The number of ketones is 1. The Morgan fingerprint density at radius 1 is 0.882 bits per heavy atom. The van der Waals surface area contributed by atoms with E-state index in [4.69, 9.17) is 46.4 Å². The number of allylic oxidation sites excluding steroid dienone is 6. The predicted octanol–water partition coefficient (Wildman–Crippen LogP) is 5.23. The zero-order chi connectivity index (χ0) is 12.8. The third-order valence-electron chi connectivity index (χ3n) is 2.30. The Bertz CT molecular complexity index is 384. The first kappa shape index (κ1) is 14.8. The molecule has 17 heavy (non-hydrogen) atoms. The van der Waals surface area contributed by atoms with Gasteiger partial charge in [0.15, 0.2) is 5.78 Å². The molecule has 5 heteroatoms. The van der Waals surface area contributed by atoms with Crippen LogP contribution in [0.25, 0.3) is 0 Å². The molecule has 0 aliphatic heterocycles. The first-order valence-electron chi connectivity index (χ1n) is 4.99. The van der Waals surface area contributed by atoms with Crippen LogP contribution in [-0.2, 0) is 4.79 Å². The van der Waals surface area contributed by atoms with Crippen molar-refractivity contribution >= 4 is 52.2 Å². The van der Waals surface area contributed by atoms with Crippen LogP contribution in [0.4, 0.5) is 0 Å². The van der Waals surface area contributed by atoms with Gasteiger partial charge in [-0.05, 0) is 42.6 Å². The van der Waals surface area contributed by atoms with E-state index in [-0.39, 0.29) is 14.8 Å². The number of halogens is 4. The van der Waals surface area contributed by atoms with Crippen molar-refractivity contribution in [2.24, 2.45) is 0 Å². The van der Waals surface area contributed by atoms with Crippen LogP contribution in [0.1, 0.15) is 19.3 Å². The lowest BCUT2D eigenvalue weighted by atomic mass is 9.88. The van der Waals surface area contributed by atoms with Crippen LogP contribution >= 0.6 is 46.4 Å². The van der Waals surface area contributed by atoms with Crippen LogP contribution in [0.3, 0.4) is 0 Å². The molecule has 0 radical (unpaired) electrons. The van der Waals surface area contributed by atoms with E-state index in [1.54, 1.807) is 12.2 Å². The predicted molar refractivity (Wildman–Crippen MR) is 74.6 cm³/mol. The average molecular weight is 312 g/mol. The highest BCUT2D eigenvalue weighted by Crippen LogP contribution is 2.25. The fourth-order valence-corrected chi connectivity index (χ4v) is 1.80. The standard InChI is InChI=1S/C12H10Cl4O/c13-10(14)6-4-8-2-1-3-9(12(8)17)5-7-11(15)16/h4-7H,1-3H2/b8-4-,9-5-. The van der Waals surface area contributed by atoms with Crippen molar-refractivity contribution in [3.8, 4) is 0 Å². The van der Waals surface area contributed by atoms with Gasteiger partial charge in [0, 0.05) is 0 Å². The molecular weight excluding hydrogens is 302 g/mol. The van der Waals surface area contributed by atoms with Crippen molar-refractivity contribution in [3.63, 3.8) is 0 Å². The summed E-state index contributed by atoms with van der Waals surface area (Å²) in [6.45, 7) is 0. The van der Waals surface area contributed by atoms with Gasteiger partial charge >= 0.3 is 0 Å². The lowest BCUT2D eigenvalue weighted by Crippen LogP contribution is -2.12. The van der Waals surface area contributed by atoms with Gasteiger partial charge in [-0.3, -0.25) is 4.79 Å². The van der Waals surface area contributed by atoms with Crippen molar-refractivity contribution in [3.05, 3.63) is 44.4 Å². The van der Waals surface area contributed by atoms with E-state index in [1.807, 2.05) is 0 Å². The van der Waals surface area contributed by atoms with Gasteiger partial charge < -0.3 is 0 Å². The summed E-state index contributed by atoms with van der Waals surface area (Å²) >= 11 is 22.0. The van der Waals surface area contributed by atoms with E-state index in [0.29, 0.717) is 11.1 Å². The highest BCUT2D eigenvalue weighted by Gasteiger charge is 2.19. The average Bonchev–Trinajstić information content (AvgIpc) is 2.25. The molecule has 0 bridgehead atoms. The monoisotopic (exact) mass is 310 g/mol. The van der Waals surface area contributed by atoms with E-state index in [0.717, 1.165) is 19.3 Å². The number of Topliss-reactive ketones (excluding diaryl/α,β-unsaturated/α-hetero) is 1. The van der Waals surface area contributed by atoms with Gasteiger partial charge in [-0.25, -0.2) is 0 Å². The van der Waals surface area contributed by atoms with Gasteiger partial charge in [-0.15, -0.1) is 0 Å². The molecule has 0 aromatic heterocycles. The zero-order valence-corrected chi connectivity index (χ0v) is 11.9. The van der Waals surface area contributed by atoms with E-state index < -0.39 is 0 Å². The summed E-state index contributed by atoms with van der Waals surface area (Å²) in [6, 6.07) is 0. The second-order valence-electron chi connectivity index (χ2n) is 3.48. The first-order valence-corrected chi connectivity index (χ1v) is 6.50. The van der Waals surface area contributed by atoms with Crippen LogP contribution in [0, 0.1) is 0 Å². The van der Waals surface area contributed by atoms with Gasteiger partial charge in [-0.2, -0.15) is 0 Å². The molecule has 0 spiro atoms. The van der Waals surface area contributed by atoms with E-state index in [1.165, 1.54) is 12.2 Å². The summed E-state index contributed by atoms with van der Waals surface area (Å²) in [6.07, 6.45) is 8.67. The van der Waals surface area contributed by atoms with Gasteiger partial charge in [0.1, 0.15) is 8.98 Å². The SMILES string of the molecule is O=C1/C(=C\C=C(Cl)Cl)CCC/C1=C/C=C(Cl)Cl. The summed E-state index contributed by atoms with van der Waals surface area (Å²) in [4.78, 5) is 12.0. The van der Waals surface area contributed by atoms with Crippen molar-refractivity contribution in [2.75, 3.05) is 0 Å². The maximum Gasteiger partial charge on any atom is 0.184 e. The Kier molecular flexibility index (Phi) is 6.35. The molecule has 1 aliphatic rings. The molecule has 0 atom stereocenters. The third-order valence-corrected chi connectivity index (χ3v) is 2.80. The largest absolute Gasteiger partial charge is 0.289 e. The minimum atomic E-state index is -0.00656. The fraction of sp³-hybridized carbons (Fsp3) is 0.250. The first-order chi connectivity index (χ1) is 8.00. The molecule has 1 aliphatic carbocycles. The van der Waals surface area contributed by atoms with Crippen LogP contribution in [0.2, 0.25) is 0 Å². The van der Waals surface area contributed by atoms with Crippen LogP contribution in [0.15, 0.2) is 44.4 Å². The molecule has 1 nitrogen and oxygen atoms in total. The lowest BCUT2D eigenvalue weighted by molar-refractivity contribution is -0.113. The Labute approximate surface area is 120 Å². The zero-order valence-electron chi connectivity index (χ0n) is 8.85. The number of hydrogen-bond donors (Lipinski definition) is 0. The molecule has 0 saturated heterocycles. The number of carbonyl (C=O) groups is 1. The van der Waals surface area contributed by atoms with Gasteiger partial charge in [0.2, 0.25) is 0 Å². The number of carbonyl (C=O) groups excluding carboxylic acids is 1. The molecule has 0 aromatic rings. The molecule has 0 amide bonds. The maximum absolute atomic E-state index is 12.0. The molecule has 0 N–H and O–H groups in total. The topological polar surface area (TPSA) is 17.1 Å². The fourth-order valence-electron chi connectivity index (χ4n) is 1.55. The van der Waals surface area contributed by atoms with E-state index >= 15 is 0 Å². The summed E-state index contributed by atoms with van der Waals surface area (Å²) in [5.74, 6) is -0.00656. The Morgan fingerprint density at radius 2 is 1.29 bits per heavy atom. The highest BCUT2D eigenvalue weighted by molar-refractivity contribution is 6.56. The number of hydrogen-bond acceptors (Lipinski definition) is 1. The summed E-state index contributed by atoms with van der Waals surface area (Å²) in [7, 11) is 0. The quantitative estimate of drug-likeness (QED) is 0.638. The van der Waals surface area contributed by atoms with E-state index in [9.17, 15) is 4.79 Å². The molecule has 1 fully saturated rings. The van der Waals surface area contributed by atoms with Crippen molar-refractivity contribution in [2.45, 2.75) is 19.3 Å². The Morgan fingerprint density at radius 3 is 1.65 bits per heavy atom. The summed E-state index contributed by atoms with van der Waals surface area (Å²) in [5.41, 5.74) is 1.39. The lowest BCUT2D eigenvalue weighted by Gasteiger charge is -2.15. The molecule has 1 saturated carbocycles. The second kappa shape index (κ2) is 7.27. The van der Waals surface area contributed by atoms with Crippen LogP contribution in [-0.4, -0.2) is 5.78 Å². The maximum atomic E-state index is 12.0. The Hall–Kier alpha value is -0.210. The van der Waals surface area contributed by atoms with Crippen molar-refractivity contribution < 1.29 is 4.79 Å². The van der Waals surface area contributed by atoms with Crippen LogP contribution in [0.5, 0.6) is 0 Å². The van der Waals surface area contributed by atoms with Crippen molar-refractivity contribution in [1.29, 1.82) is 0 Å². The normalized spacial score (nSPS) is 20.6.